The zero-order chi connectivity index (χ0) is 16.4. The van der Waals surface area contributed by atoms with Gasteiger partial charge in [-0.1, -0.05) is 18.6 Å². The first-order chi connectivity index (χ1) is 11.8. The highest BCUT2D eigenvalue weighted by molar-refractivity contribution is 5.94. The Morgan fingerprint density at radius 2 is 1.88 bits per heavy atom. The van der Waals surface area contributed by atoms with Crippen molar-refractivity contribution >= 4 is 5.91 Å². The molecule has 2 aliphatic rings. The lowest BCUT2D eigenvalue weighted by Gasteiger charge is -2.36. The molecule has 0 radical (unpaired) electrons. The van der Waals surface area contributed by atoms with E-state index in [4.69, 9.17) is 4.42 Å². The molecule has 1 aromatic heterocycles. The van der Waals surface area contributed by atoms with E-state index in [0.29, 0.717) is 0 Å². The summed E-state index contributed by atoms with van der Waals surface area (Å²) < 4.78 is 5.29. The molecule has 0 unspecified atom stereocenters. The predicted molar refractivity (Wildman–Crippen MR) is 91.7 cm³/mol. The van der Waals surface area contributed by atoms with Crippen molar-refractivity contribution in [2.75, 3.05) is 26.2 Å². The largest absolute Gasteiger partial charge is 0.444 e. The van der Waals surface area contributed by atoms with E-state index in [1.54, 1.807) is 6.20 Å². The van der Waals surface area contributed by atoms with Gasteiger partial charge in [-0.25, -0.2) is 4.98 Å². The molecule has 2 fully saturated rings. The topological polar surface area (TPSA) is 49.6 Å². The molecule has 1 amide bonds. The lowest BCUT2D eigenvalue weighted by atomic mass is 9.91. The highest BCUT2D eigenvalue weighted by Gasteiger charge is 2.27. The van der Waals surface area contributed by atoms with Gasteiger partial charge in [0.05, 0.1) is 6.20 Å². The Morgan fingerprint density at radius 3 is 2.54 bits per heavy atom. The van der Waals surface area contributed by atoms with E-state index in [-0.39, 0.29) is 5.91 Å². The van der Waals surface area contributed by atoms with Crippen LogP contribution in [0.25, 0.3) is 11.3 Å². The van der Waals surface area contributed by atoms with E-state index >= 15 is 0 Å². The summed E-state index contributed by atoms with van der Waals surface area (Å²) in [4.78, 5) is 21.3. The first-order valence-electron chi connectivity index (χ1n) is 8.83. The minimum absolute atomic E-state index is 0.134. The quantitative estimate of drug-likeness (QED) is 0.870. The van der Waals surface area contributed by atoms with Crippen molar-refractivity contribution in [2.45, 2.75) is 31.7 Å². The zero-order valence-electron chi connectivity index (χ0n) is 13.9. The van der Waals surface area contributed by atoms with Crippen LogP contribution in [0.1, 0.15) is 36.0 Å². The Kier molecular flexibility index (Phi) is 4.34. The van der Waals surface area contributed by atoms with Crippen molar-refractivity contribution in [1.82, 2.24) is 14.8 Å². The lowest BCUT2D eigenvalue weighted by molar-refractivity contribution is 0.0749. The Balaban J connectivity index is 1.41. The number of hydrogen-bond donors (Lipinski definition) is 0. The molecule has 2 aromatic rings. The van der Waals surface area contributed by atoms with Crippen molar-refractivity contribution < 1.29 is 9.21 Å². The molecule has 1 aromatic carbocycles. The van der Waals surface area contributed by atoms with Crippen molar-refractivity contribution in [2.24, 2.45) is 0 Å². The molecular weight excluding hydrogens is 302 g/mol. The average Bonchev–Trinajstić information content (AvgIpc) is 3.00. The fraction of sp³-hybridized carbons (Fsp3) is 0.474. The van der Waals surface area contributed by atoms with Crippen LogP contribution < -0.4 is 0 Å². The summed E-state index contributed by atoms with van der Waals surface area (Å²) >= 11 is 0. The number of oxazole rings is 1. The van der Waals surface area contributed by atoms with E-state index in [1.807, 2.05) is 29.2 Å². The first kappa shape index (κ1) is 15.4. The third-order valence-corrected chi connectivity index (χ3v) is 5.26. The van der Waals surface area contributed by atoms with Crippen LogP contribution in [0.15, 0.2) is 41.3 Å². The number of hydrogen-bond acceptors (Lipinski definition) is 4. The van der Waals surface area contributed by atoms with Crippen LogP contribution in [0, 0.1) is 0 Å². The summed E-state index contributed by atoms with van der Waals surface area (Å²) in [5.74, 6) is 0.856. The van der Waals surface area contributed by atoms with Gasteiger partial charge in [-0.15, -0.1) is 0 Å². The summed E-state index contributed by atoms with van der Waals surface area (Å²) in [6, 6.07) is 8.38. The van der Waals surface area contributed by atoms with Gasteiger partial charge in [0.2, 0.25) is 0 Å². The second-order valence-corrected chi connectivity index (χ2v) is 6.71. The van der Waals surface area contributed by atoms with Gasteiger partial charge in [0.25, 0.3) is 5.91 Å². The zero-order valence-corrected chi connectivity index (χ0v) is 13.9. The maximum Gasteiger partial charge on any atom is 0.253 e. The molecule has 1 aliphatic heterocycles. The third-order valence-electron chi connectivity index (χ3n) is 5.26. The van der Waals surface area contributed by atoms with Gasteiger partial charge in [0.1, 0.15) is 0 Å². The van der Waals surface area contributed by atoms with Crippen LogP contribution in [-0.4, -0.2) is 52.9 Å². The van der Waals surface area contributed by atoms with Crippen LogP contribution in [0.2, 0.25) is 0 Å². The Morgan fingerprint density at radius 1 is 1.04 bits per heavy atom. The SMILES string of the molecule is O=C(c1ccc(-c2cnco2)cc1)N1CCCN(C2CCC2)CC1. The molecule has 0 atom stereocenters. The van der Waals surface area contributed by atoms with Crippen LogP contribution in [0.5, 0.6) is 0 Å². The minimum atomic E-state index is 0.134. The number of carbonyl (C=O) groups is 1. The second-order valence-electron chi connectivity index (χ2n) is 6.71. The molecule has 5 heteroatoms. The smallest absolute Gasteiger partial charge is 0.253 e. The lowest BCUT2D eigenvalue weighted by Crippen LogP contribution is -2.42. The molecule has 126 valence electrons. The summed E-state index contributed by atoms with van der Waals surface area (Å²) in [6.45, 7) is 3.82. The second kappa shape index (κ2) is 6.77. The molecule has 0 spiro atoms. The van der Waals surface area contributed by atoms with Gasteiger partial charge in [-0.05, 0) is 31.4 Å². The molecule has 0 N–H and O–H groups in total. The molecule has 24 heavy (non-hydrogen) atoms. The van der Waals surface area contributed by atoms with Crippen molar-refractivity contribution in [3.05, 3.63) is 42.4 Å². The van der Waals surface area contributed by atoms with Crippen molar-refractivity contribution in [3.8, 4) is 11.3 Å². The van der Waals surface area contributed by atoms with E-state index in [0.717, 1.165) is 55.5 Å². The number of rotatable bonds is 3. The highest BCUT2D eigenvalue weighted by Crippen LogP contribution is 2.26. The molecular formula is C19H23N3O2. The fourth-order valence-electron chi connectivity index (χ4n) is 3.58. The molecule has 2 heterocycles. The van der Waals surface area contributed by atoms with Crippen LogP contribution >= 0.6 is 0 Å². The minimum Gasteiger partial charge on any atom is -0.444 e. The molecule has 1 saturated carbocycles. The molecule has 0 bridgehead atoms. The van der Waals surface area contributed by atoms with Crippen LogP contribution in [0.4, 0.5) is 0 Å². The molecule has 4 rings (SSSR count). The van der Waals surface area contributed by atoms with E-state index in [1.165, 1.54) is 25.7 Å². The Bertz CT molecular complexity index is 677. The van der Waals surface area contributed by atoms with E-state index in [9.17, 15) is 4.79 Å². The standard InChI is InChI=1S/C19H23N3O2/c23-19(16-7-5-15(6-8-16)18-13-20-14-24-18)22-10-2-9-21(11-12-22)17-3-1-4-17/h5-8,13-14,17H,1-4,9-12H2. The van der Waals surface area contributed by atoms with Gasteiger partial charge in [0.15, 0.2) is 12.2 Å². The maximum absolute atomic E-state index is 12.8. The number of amides is 1. The molecule has 1 aliphatic carbocycles. The summed E-state index contributed by atoms with van der Waals surface area (Å²) in [5, 5.41) is 0. The summed E-state index contributed by atoms with van der Waals surface area (Å²) in [5.41, 5.74) is 1.69. The first-order valence-corrected chi connectivity index (χ1v) is 8.83. The molecule has 5 nitrogen and oxygen atoms in total. The van der Waals surface area contributed by atoms with Crippen LogP contribution in [-0.2, 0) is 0 Å². The average molecular weight is 325 g/mol. The summed E-state index contributed by atoms with van der Waals surface area (Å²) in [6.07, 6.45) is 8.19. The number of aromatic nitrogens is 1. The van der Waals surface area contributed by atoms with E-state index in [2.05, 4.69) is 9.88 Å². The van der Waals surface area contributed by atoms with Gasteiger partial charge in [-0.2, -0.15) is 0 Å². The maximum atomic E-state index is 12.8. The third kappa shape index (κ3) is 3.08. The highest BCUT2D eigenvalue weighted by atomic mass is 16.3. The number of nitrogens with zero attached hydrogens (tertiary/aromatic N) is 3. The number of carbonyl (C=O) groups excluding carboxylic acids is 1. The monoisotopic (exact) mass is 325 g/mol. The Hall–Kier alpha value is -2.14. The van der Waals surface area contributed by atoms with Gasteiger partial charge in [0, 0.05) is 43.3 Å². The normalized spacial score (nSPS) is 19.8. The predicted octanol–water partition coefficient (Wildman–Crippen LogP) is 3.04. The van der Waals surface area contributed by atoms with Gasteiger partial charge in [-0.3, -0.25) is 9.69 Å². The van der Waals surface area contributed by atoms with Gasteiger partial charge >= 0.3 is 0 Å². The number of benzene rings is 1. The Labute approximate surface area is 142 Å². The summed E-state index contributed by atoms with van der Waals surface area (Å²) in [7, 11) is 0. The van der Waals surface area contributed by atoms with E-state index < -0.39 is 0 Å². The van der Waals surface area contributed by atoms with Crippen molar-refractivity contribution in [1.29, 1.82) is 0 Å². The van der Waals surface area contributed by atoms with Crippen LogP contribution in [0.3, 0.4) is 0 Å². The van der Waals surface area contributed by atoms with Gasteiger partial charge < -0.3 is 9.32 Å². The van der Waals surface area contributed by atoms with Crippen molar-refractivity contribution in [3.63, 3.8) is 0 Å². The molecule has 1 saturated heterocycles. The fourth-order valence-corrected chi connectivity index (χ4v) is 3.58.